The van der Waals surface area contributed by atoms with E-state index in [0.29, 0.717) is 26.8 Å². The van der Waals surface area contributed by atoms with Crippen molar-refractivity contribution in [2.75, 3.05) is 0 Å². The van der Waals surface area contributed by atoms with Gasteiger partial charge in [-0.2, -0.15) is 0 Å². The molecule has 5 aromatic rings. The number of thioether (sulfide) groups is 1. The van der Waals surface area contributed by atoms with Crippen molar-refractivity contribution in [3.63, 3.8) is 0 Å². The van der Waals surface area contributed by atoms with Gasteiger partial charge in [0.25, 0.3) is 5.56 Å². The van der Waals surface area contributed by atoms with Crippen LogP contribution in [0.2, 0.25) is 5.02 Å². The smallest absolute Gasteiger partial charge is 0.266 e. The Kier molecular flexibility index (Phi) is 5.28. The number of fused-ring (bicyclic) bond motifs is 1. The summed E-state index contributed by atoms with van der Waals surface area (Å²) in [5.41, 5.74) is 3.01. The quantitative estimate of drug-likeness (QED) is 0.284. The number of benzene rings is 3. The molecular weight excluding hydrogens is 430 g/mol. The monoisotopic (exact) mass is 445 g/mol. The lowest BCUT2D eigenvalue weighted by atomic mass is 10.2. The molecule has 0 N–H and O–H groups in total. The highest BCUT2D eigenvalue weighted by Gasteiger charge is 2.14. The van der Waals surface area contributed by atoms with Crippen LogP contribution in [0.15, 0.2) is 95.0 Å². The largest absolute Gasteiger partial charge is 0.268 e. The molecule has 0 aliphatic heterocycles. The number of para-hydroxylation sites is 2. The molecule has 0 spiro atoms. The van der Waals surface area contributed by atoms with Crippen molar-refractivity contribution in [1.29, 1.82) is 0 Å². The lowest BCUT2D eigenvalue weighted by Gasteiger charge is -2.12. The highest BCUT2D eigenvalue weighted by atomic mass is 35.5. The summed E-state index contributed by atoms with van der Waals surface area (Å²) in [6.07, 6.45) is 1.86. The standard InChI is InChI=1S/C23H16ClN5OS/c24-16-10-12-18(13-11-16)28-14-17(26-27-28)15-31-23-25-21-9-5-4-8-20(21)22(30)29(23)19-6-2-1-3-7-19/h1-14H,15H2. The van der Waals surface area contributed by atoms with Gasteiger partial charge in [0.1, 0.15) is 0 Å². The highest BCUT2D eigenvalue weighted by Crippen LogP contribution is 2.24. The van der Waals surface area contributed by atoms with Crippen molar-refractivity contribution in [2.24, 2.45) is 0 Å². The van der Waals surface area contributed by atoms with Gasteiger partial charge in [-0.1, -0.05) is 58.9 Å². The van der Waals surface area contributed by atoms with Gasteiger partial charge < -0.3 is 0 Å². The normalized spacial score (nSPS) is 11.1. The van der Waals surface area contributed by atoms with Crippen molar-refractivity contribution in [3.8, 4) is 11.4 Å². The zero-order valence-corrected chi connectivity index (χ0v) is 17.8. The van der Waals surface area contributed by atoms with Crippen molar-refractivity contribution in [3.05, 3.63) is 106 Å². The van der Waals surface area contributed by atoms with E-state index in [-0.39, 0.29) is 5.56 Å². The van der Waals surface area contributed by atoms with Gasteiger partial charge in [0.2, 0.25) is 0 Å². The van der Waals surface area contributed by atoms with Crippen LogP contribution in [0.25, 0.3) is 22.3 Å². The lowest BCUT2D eigenvalue weighted by molar-refractivity contribution is 0.799. The first-order valence-corrected chi connectivity index (χ1v) is 10.9. The molecule has 0 fully saturated rings. The summed E-state index contributed by atoms with van der Waals surface area (Å²) < 4.78 is 3.35. The fourth-order valence-corrected chi connectivity index (χ4v) is 4.25. The van der Waals surface area contributed by atoms with Crippen LogP contribution < -0.4 is 5.56 Å². The van der Waals surface area contributed by atoms with Gasteiger partial charge in [-0.05, 0) is 48.5 Å². The van der Waals surface area contributed by atoms with Crippen LogP contribution in [0.1, 0.15) is 5.69 Å². The zero-order chi connectivity index (χ0) is 21.2. The lowest BCUT2D eigenvalue weighted by Crippen LogP contribution is -2.21. The summed E-state index contributed by atoms with van der Waals surface area (Å²) in [4.78, 5) is 18.0. The molecule has 0 bridgehead atoms. The van der Waals surface area contributed by atoms with Gasteiger partial charge in [0.15, 0.2) is 5.16 Å². The van der Waals surface area contributed by atoms with Gasteiger partial charge >= 0.3 is 0 Å². The number of rotatable bonds is 5. The minimum absolute atomic E-state index is 0.0934. The second-order valence-corrected chi connectivity index (χ2v) is 8.19. The van der Waals surface area contributed by atoms with E-state index in [0.717, 1.165) is 17.1 Å². The van der Waals surface area contributed by atoms with E-state index in [4.69, 9.17) is 16.6 Å². The summed E-state index contributed by atoms with van der Waals surface area (Å²) in [5.74, 6) is 0.519. The first-order chi connectivity index (χ1) is 15.2. The maximum absolute atomic E-state index is 13.2. The third-order valence-electron chi connectivity index (χ3n) is 4.74. The molecule has 5 rings (SSSR count). The van der Waals surface area contributed by atoms with Crippen molar-refractivity contribution >= 4 is 34.3 Å². The van der Waals surface area contributed by atoms with Gasteiger partial charge in [0, 0.05) is 10.8 Å². The van der Waals surface area contributed by atoms with Crippen molar-refractivity contribution in [2.45, 2.75) is 10.9 Å². The van der Waals surface area contributed by atoms with Crippen LogP contribution in [0.4, 0.5) is 0 Å². The second kappa shape index (κ2) is 8.37. The Morgan fingerprint density at radius 1 is 0.871 bits per heavy atom. The molecule has 0 saturated heterocycles. The molecule has 2 heterocycles. The third-order valence-corrected chi connectivity index (χ3v) is 5.96. The summed E-state index contributed by atoms with van der Waals surface area (Å²) in [6.45, 7) is 0. The van der Waals surface area contributed by atoms with E-state index >= 15 is 0 Å². The van der Waals surface area contributed by atoms with E-state index in [2.05, 4.69) is 10.3 Å². The molecule has 8 heteroatoms. The summed E-state index contributed by atoms with van der Waals surface area (Å²) in [5, 5.41) is 10.3. The molecule has 0 aliphatic rings. The predicted octanol–water partition coefficient (Wildman–Crippen LogP) is 4.91. The maximum Gasteiger partial charge on any atom is 0.266 e. The second-order valence-electron chi connectivity index (χ2n) is 6.81. The van der Waals surface area contributed by atoms with E-state index in [1.165, 1.54) is 11.8 Å². The van der Waals surface area contributed by atoms with E-state index in [1.807, 2.05) is 79.0 Å². The number of aromatic nitrogens is 5. The molecule has 0 unspecified atom stereocenters. The van der Waals surface area contributed by atoms with Crippen LogP contribution in [-0.2, 0) is 5.75 Å². The Balaban J connectivity index is 1.49. The summed E-state index contributed by atoms with van der Waals surface area (Å²) in [6, 6.07) is 24.3. The predicted molar refractivity (Wildman–Crippen MR) is 123 cm³/mol. The highest BCUT2D eigenvalue weighted by molar-refractivity contribution is 7.98. The first-order valence-electron chi connectivity index (χ1n) is 9.56. The zero-order valence-electron chi connectivity index (χ0n) is 16.2. The Hall–Kier alpha value is -3.42. The van der Waals surface area contributed by atoms with Gasteiger partial charge in [-0.3, -0.25) is 9.36 Å². The fraction of sp³-hybridized carbons (Fsp3) is 0.0435. The summed E-state index contributed by atoms with van der Waals surface area (Å²) >= 11 is 7.41. The van der Waals surface area contributed by atoms with Crippen molar-refractivity contribution in [1.82, 2.24) is 24.5 Å². The fourth-order valence-electron chi connectivity index (χ4n) is 3.24. The van der Waals surface area contributed by atoms with Crippen molar-refractivity contribution < 1.29 is 0 Å². The molecule has 152 valence electrons. The SMILES string of the molecule is O=c1c2ccccc2nc(SCc2cn(-c3ccc(Cl)cc3)nn2)n1-c1ccccc1. The molecule has 0 amide bonds. The molecule has 2 aromatic heterocycles. The van der Waals surface area contributed by atoms with Crippen LogP contribution in [0, 0.1) is 0 Å². The van der Waals surface area contributed by atoms with E-state index in [9.17, 15) is 4.79 Å². The molecule has 6 nitrogen and oxygen atoms in total. The molecule has 0 radical (unpaired) electrons. The minimum Gasteiger partial charge on any atom is -0.268 e. The average Bonchev–Trinajstić information content (AvgIpc) is 3.28. The Morgan fingerprint density at radius 2 is 1.61 bits per heavy atom. The van der Waals surface area contributed by atoms with Crippen LogP contribution >= 0.6 is 23.4 Å². The minimum atomic E-state index is -0.0934. The van der Waals surface area contributed by atoms with Gasteiger partial charge in [0.05, 0.1) is 34.2 Å². The molecule has 0 atom stereocenters. The Morgan fingerprint density at radius 3 is 2.42 bits per heavy atom. The maximum atomic E-state index is 13.2. The first kappa shape index (κ1) is 19.5. The number of hydrogen-bond acceptors (Lipinski definition) is 5. The third kappa shape index (κ3) is 3.97. The molecule has 31 heavy (non-hydrogen) atoms. The van der Waals surface area contributed by atoms with Crippen LogP contribution in [0.3, 0.4) is 0 Å². The number of halogens is 1. The molecule has 0 aliphatic carbocycles. The number of nitrogens with zero attached hydrogens (tertiary/aromatic N) is 5. The Bertz CT molecular complexity index is 1410. The molecule has 3 aromatic carbocycles. The average molecular weight is 446 g/mol. The van der Waals surface area contributed by atoms with E-state index < -0.39 is 0 Å². The van der Waals surface area contributed by atoms with Crippen LogP contribution in [0.5, 0.6) is 0 Å². The summed E-state index contributed by atoms with van der Waals surface area (Å²) in [7, 11) is 0. The van der Waals surface area contributed by atoms with Gasteiger partial charge in [-0.15, -0.1) is 5.10 Å². The van der Waals surface area contributed by atoms with Gasteiger partial charge in [-0.25, -0.2) is 9.67 Å². The van der Waals surface area contributed by atoms with E-state index in [1.54, 1.807) is 15.3 Å². The topological polar surface area (TPSA) is 65.6 Å². The molecule has 0 saturated carbocycles. The molecular formula is C23H16ClN5OS. The van der Waals surface area contributed by atoms with Crippen LogP contribution in [-0.4, -0.2) is 24.5 Å². The Labute approximate surface area is 187 Å². The number of hydrogen-bond donors (Lipinski definition) is 0.